The smallest absolute Gasteiger partial charge is 0.265 e. The van der Waals surface area contributed by atoms with Gasteiger partial charge in [0.2, 0.25) is 0 Å². The molecular formula is C14H16BrNO4. The number of hydrogen-bond acceptors (Lipinski definition) is 4. The van der Waals surface area contributed by atoms with Crippen LogP contribution in [0.2, 0.25) is 0 Å². The fourth-order valence-corrected chi connectivity index (χ4v) is 2.88. The lowest BCUT2D eigenvalue weighted by atomic mass is 10.0. The van der Waals surface area contributed by atoms with Gasteiger partial charge in [-0.2, -0.15) is 0 Å². The minimum absolute atomic E-state index is 0.134. The van der Waals surface area contributed by atoms with E-state index in [9.17, 15) is 4.79 Å². The number of rotatable bonds is 2. The highest BCUT2D eigenvalue weighted by Gasteiger charge is 2.33. The van der Waals surface area contributed by atoms with Crippen molar-refractivity contribution >= 4 is 27.5 Å². The Morgan fingerprint density at radius 3 is 2.80 bits per heavy atom. The van der Waals surface area contributed by atoms with E-state index in [0.717, 1.165) is 10.0 Å². The number of carbonyl (C=O) groups excluding carboxylic acids is 1. The molecule has 5 nitrogen and oxygen atoms in total. The fraction of sp³-hybridized carbons (Fsp3) is 0.500. The average Bonchev–Trinajstić information content (AvgIpc) is 2.80. The van der Waals surface area contributed by atoms with Crippen LogP contribution in [0.25, 0.3) is 0 Å². The van der Waals surface area contributed by atoms with Crippen LogP contribution in [0.4, 0.5) is 5.69 Å². The summed E-state index contributed by atoms with van der Waals surface area (Å²) < 4.78 is 17.7. The molecule has 1 atom stereocenters. The Balaban J connectivity index is 1.89. The van der Waals surface area contributed by atoms with E-state index >= 15 is 0 Å². The Labute approximate surface area is 125 Å². The molecule has 1 aromatic carbocycles. The van der Waals surface area contributed by atoms with Crippen molar-refractivity contribution in [2.45, 2.75) is 32.2 Å². The average molecular weight is 342 g/mol. The van der Waals surface area contributed by atoms with E-state index in [2.05, 4.69) is 21.2 Å². The number of nitrogens with one attached hydrogen (secondary N) is 1. The first kappa shape index (κ1) is 13.9. The van der Waals surface area contributed by atoms with Crippen LogP contribution in [-0.4, -0.2) is 31.0 Å². The molecule has 6 heteroatoms. The van der Waals surface area contributed by atoms with E-state index in [1.807, 2.05) is 19.1 Å². The van der Waals surface area contributed by atoms with Crippen molar-refractivity contribution in [1.29, 1.82) is 0 Å². The van der Waals surface area contributed by atoms with Gasteiger partial charge >= 0.3 is 0 Å². The number of amides is 1. The number of fused-ring (bicyclic) bond motifs is 1. The Bertz CT molecular complexity index is 554. The maximum Gasteiger partial charge on any atom is 0.265 e. The molecule has 1 saturated heterocycles. The second kappa shape index (κ2) is 5.02. The van der Waals surface area contributed by atoms with Crippen molar-refractivity contribution < 1.29 is 19.0 Å². The van der Waals surface area contributed by atoms with Crippen molar-refractivity contribution in [2.24, 2.45) is 0 Å². The van der Waals surface area contributed by atoms with Crippen molar-refractivity contribution in [3.8, 4) is 5.75 Å². The lowest BCUT2D eigenvalue weighted by molar-refractivity contribution is -0.140. The monoisotopic (exact) mass is 341 g/mol. The lowest BCUT2D eigenvalue weighted by Crippen LogP contribution is -2.34. The molecule has 0 aliphatic carbocycles. The molecule has 20 heavy (non-hydrogen) atoms. The second-order valence-electron chi connectivity index (χ2n) is 5.20. The van der Waals surface area contributed by atoms with Gasteiger partial charge in [0.05, 0.1) is 18.9 Å². The van der Waals surface area contributed by atoms with Gasteiger partial charge in [-0.3, -0.25) is 4.79 Å². The van der Waals surface area contributed by atoms with Gasteiger partial charge in [-0.15, -0.1) is 0 Å². The summed E-state index contributed by atoms with van der Waals surface area (Å²) in [5.74, 6) is -0.0691. The Morgan fingerprint density at radius 2 is 2.10 bits per heavy atom. The van der Waals surface area contributed by atoms with Crippen molar-refractivity contribution in [3.05, 3.63) is 22.2 Å². The molecule has 2 aliphatic heterocycles. The Hall–Kier alpha value is -1.11. The summed E-state index contributed by atoms with van der Waals surface area (Å²) in [5.41, 5.74) is 1.69. The largest absolute Gasteiger partial charge is 0.479 e. The number of anilines is 1. The third kappa shape index (κ3) is 2.55. The van der Waals surface area contributed by atoms with Gasteiger partial charge < -0.3 is 19.5 Å². The summed E-state index contributed by atoms with van der Waals surface area (Å²) in [6.45, 7) is 4.86. The minimum atomic E-state index is -0.608. The molecule has 3 rings (SSSR count). The molecular weight excluding hydrogens is 326 g/mol. The SMILES string of the molecule is CC1Oc2cc(Br)c(CC3(C)OCCO3)cc2NC1=O. The zero-order valence-electron chi connectivity index (χ0n) is 11.4. The number of halogens is 1. The first-order valence-electron chi connectivity index (χ1n) is 6.55. The summed E-state index contributed by atoms with van der Waals surface area (Å²) in [5, 5.41) is 2.85. The summed E-state index contributed by atoms with van der Waals surface area (Å²) in [6, 6.07) is 3.78. The molecule has 1 fully saturated rings. The van der Waals surface area contributed by atoms with Crippen LogP contribution in [-0.2, 0) is 20.7 Å². The predicted octanol–water partition coefficient (Wildman–Crippen LogP) is 2.47. The van der Waals surface area contributed by atoms with Gasteiger partial charge in [0.25, 0.3) is 5.91 Å². The molecule has 0 saturated carbocycles. The summed E-state index contributed by atoms with van der Waals surface area (Å²) in [4.78, 5) is 11.7. The van der Waals surface area contributed by atoms with Crippen molar-refractivity contribution in [1.82, 2.24) is 0 Å². The van der Waals surface area contributed by atoms with E-state index in [-0.39, 0.29) is 5.91 Å². The van der Waals surface area contributed by atoms with Crippen LogP contribution in [0.1, 0.15) is 19.4 Å². The first-order chi connectivity index (χ1) is 9.47. The van der Waals surface area contributed by atoms with Gasteiger partial charge in [-0.25, -0.2) is 0 Å². The number of carbonyl (C=O) groups is 1. The second-order valence-corrected chi connectivity index (χ2v) is 6.05. The molecule has 2 heterocycles. The molecule has 0 radical (unpaired) electrons. The van der Waals surface area contributed by atoms with Crippen LogP contribution in [0.3, 0.4) is 0 Å². The molecule has 0 aromatic heterocycles. The van der Waals surface area contributed by atoms with E-state index in [0.29, 0.717) is 31.1 Å². The highest BCUT2D eigenvalue weighted by molar-refractivity contribution is 9.10. The van der Waals surface area contributed by atoms with Crippen LogP contribution in [0.5, 0.6) is 5.75 Å². The van der Waals surface area contributed by atoms with E-state index in [1.54, 1.807) is 6.92 Å². The molecule has 0 bridgehead atoms. The van der Waals surface area contributed by atoms with E-state index in [1.165, 1.54) is 0 Å². The topological polar surface area (TPSA) is 56.8 Å². The minimum Gasteiger partial charge on any atom is -0.479 e. The molecule has 2 aliphatic rings. The van der Waals surface area contributed by atoms with Crippen molar-refractivity contribution in [2.75, 3.05) is 18.5 Å². The normalized spacial score (nSPS) is 23.9. The van der Waals surface area contributed by atoms with Gasteiger partial charge in [-0.1, -0.05) is 15.9 Å². The van der Waals surface area contributed by atoms with Gasteiger partial charge in [-0.05, 0) is 31.5 Å². The molecule has 108 valence electrons. The zero-order chi connectivity index (χ0) is 14.3. The van der Waals surface area contributed by atoms with Gasteiger partial charge in [0.1, 0.15) is 5.75 Å². The third-order valence-corrected chi connectivity index (χ3v) is 4.23. The third-order valence-electron chi connectivity index (χ3n) is 3.49. The quantitative estimate of drug-likeness (QED) is 0.897. The van der Waals surface area contributed by atoms with Crippen LogP contribution in [0.15, 0.2) is 16.6 Å². The van der Waals surface area contributed by atoms with Crippen LogP contribution in [0, 0.1) is 0 Å². The standard InChI is InChI=1S/C14H16BrNO4/c1-8-13(17)16-11-5-9(10(15)6-12(11)20-8)7-14(2)18-3-4-19-14/h5-6,8H,3-4,7H2,1-2H3,(H,16,17). The maximum atomic E-state index is 11.7. The molecule has 1 aromatic rings. The highest BCUT2D eigenvalue weighted by atomic mass is 79.9. The fourth-order valence-electron chi connectivity index (χ4n) is 2.41. The number of hydrogen-bond donors (Lipinski definition) is 1. The van der Waals surface area contributed by atoms with Crippen LogP contribution >= 0.6 is 15.9 Å². The summed E-state index contributed by atoms with van der Waals surface area (Å²) in [6.07, 6.45) is 0.131. The van der Waals surface area contributed by atoms with Crippen molar-refractivity contribution in [3.63, 3.8) is 0 Å². The molecule has 1 amide bonds. The Morgan fingerprint density at radius 1 is 1.40 bits per heavy atom. The summed E-state index contributed by atoms with van der Waals surface area (Å²) in [7, 11) is 0. The first-order valence-corrected chi connectivity index (χ1v) is 7.34. The number of ether oxygens (including phenoxy) is 3. The Kier molecular flexibility index (Phi) is 3.48. The highest BCUT2D eigenvalue weighted by Crippen LogP contribution is 2.37. The zero-order valence-corrected chi connectivity index (χ0v) is 13.0. The maximum absolute atomic E-state index is 11.7. The van der Waals surface area contributed by atoms with E-state index in [4.69, 9.17) is 14.2 Å². The molecule has 1 unspecified atom stereocenters. The number of benzene rings is 1. The van der Waals surface area contributed by atoms with Crippen LogP contribution < -0.4 is 10.1 Å². The predicted molar refractivity (Wildman–Crippen MR) is 76.9 cm³/mol. The van der Waals surface area contributed by atoms with Gasteiger partial charge in [0.15, 0.2) is 11.9 Å². The molecule has 0 spiro atoms. The lowest BCUT2D eigenvalue weighted by Gasteiger charge is -2.26. The summed E-state index contributed by atoms with van der Waals surface area (Å²) >= 11 is 3.54. The van der Waals surface area contributed by atoms with Gasteiger partial charge in [0, 0.05) is 10.9 Å². The van der Waals surface area contributed by atoms with E-state index < -0.39 is 11.9 Å². The molecule has 1 N–H and O–H groups in total.